The predicted molar refractivity (Wildman–Crippen MR) is 127 cm³/mol. The number of hydrogen-bond acceptors (Lipinski definition) is 6. The normalized spacial score (nSPS) is 11.0. The first-order valence-corrected chi connectivity index (χ1v) is 12.0. The van der Waals surface area contributed by atoms with Gasteiger partial charge in [-0.15, -0.1) is 6.58 Å². The Kier molecular flexibility index (Phi) is 9.90. The SMILES string of the molecule is C=CCN(c1ccccc1Cl)S(=O)(=O)c1cccc(C(=O)N(CCOC)CC(=O)OCC)c1. The number of carbonyl (C=O) groups is 2. The van der Waals surface area contributed by atoms with Crippen molar-refractivity contribution in [2.24, 2.45) is 0 Å². The molecule has 0 saturated carbocycles. The minimum atomic E-state index is -4.08. The quantitative estimate of drug-likeness (QED) is 0.332. The second-order valence-electron chi connectivity index (χ2n) is 6.83. The number of methoxy groups -OCH3 is 1. The van der Waals surface area contributed by atoms with Gasteiger partial charge >= 0.3 is 5.97 Å². The van der Waals surface area contributed by atoms with Crippen molar-refractivity contribution in [2.45, 2.75) is 11.8 Å². The molecule has 0 N–H and O–H groups in total. The van der Waals surface area contributed by atoms with Gasteiger partial charge in [0.1, 0.15) is 6.54 Å². The summed E-state index contributed by atoms with van der Waals surface area (Å²) in [6.07, 6.45) is 1.45. The topological polar surface area (TPSA) is 93.2 Å². The maximum absolute atomic E-state index is 13.5. The number of anilines is 1. The molecule has 0 aromatic heterocycles. The lowest BCUT2D eigenvalue weighted by atomic mass is 10.2. The monoisotopic (exact) mass is 494 g/mol. The summed E-state index contributed by atoms with van der Waals surface area (Å²) < 4.78 is 38.0. The molecule has 0 aliphatic carbocycles. The van der Waals surface area contributed by atoms with E-state index >= 15 is 0 Å². The minimum Gasteiger partial charge on any atom is -0.465 e. The van der Waals surface area contributed by atoms with Crippen molar-refractivity contribution in [3.05, 3.63) is 71.8 Å². The number of esters is 1. The Hall–Kier alpha value is -2.88. The Bertz CT molecular complexity index is 1090. The van der Waals surface area contributed by atoms with Gasteiger partial charge in [-0.1, -0.05) is 35.9 Å². The van der Waals surface area contributed by atoms with Gasteiger partial charge in [0.15, 0.2) is 0 Å². The van der Waals surface area contributed by atoms with Crippen molar-refractivity contribution in [1.29, 1.82) is 0 Å². The average molecular weight is 495 g/mol. The van der Waals surface area contributed by atoms with Crippen LogP contribution in [-0.4, -0.2) is 65.2 Å². The summed E-state index contributed by atoms with van der Waals surface area (Å²) in [7, 11) is -2.60. The molecule has 8 nitrogen and oxygen atoms in total. The molecular formula is C23H27ClN2O6S. The number of ether oxygens (including phenoxy) is 2. The summed E-state index contributed by atoms with van der Waals surface area (Å²) in [5.41, 5.74) is 0.397. The van der Waals surface area contributed by atoms with E-state index in [2.05, 4.69) is 6.58 Å². The lowest BCUT2D eigenvalue weighted by Gasteiger charge is -2.25. The largest absolute Gasteiger partial charge is 0.465 e. The van der Waals surface area contributed by atoms with E-state index < -0.39 is 21.9 Å². The number of halogens is 1. The molecule has 178 valence electrons. The Morgan fingerprint density at radius 1 is 1.15 bits per heavy atom. The van der Waals surface area contributed by atoms with Crippen LogP contribution in [0.1, 0.15) is 17.3 Å². The fourth-order valence-electron chi connectivity index (χ4n) is 3.01. The molecule has 0 aliphatic heterocycles. The summed E-state index contributed by atoms with van der Waals surface area (Å²) >= 11 is 6.24. The van der Waals surface area contributed by atoms with E-state index in [4.69, 9.17) is 21.1 Å². The lowest BCUT2D eigenvalue weighted by Crippen LogP contribution is -2.39. The van der Waals surface area contributed by atoms with Crippen molar-refractivity contribution in [3.8, 4) is 0 Å². The number of rotatable bonds is 12. The zero-order valence-electron chi connectivity index (χ0n) is 18.6. The number of hydrogen-bond donors (Lipinski definition) is 0. The molecule has 0 atom stereocenters. The van der Waals surface area contributed by atoms with Crippen LogP contribution in [0.25, 0.3) is 0 Å². The highest BCUT2D eigenvalue weighted by atomic mass is 35.5. The van der Waals surface area contributed by atoms with Gasteiger partial charge in [0.05, 0.1) is 35.4 Å². The minimum absolute atomic E-state index is 0.0208. The molecule has 2 aromatic carbocycles. The molecule has 2 aromatic rings. The van der Waals surface area contributed by atoms with Gasteiger partial charge in [-0.3, -0.25) is 13.9 Å². The third kappa shape index (κ3) is 6.80. The second-order valence-corrected chi connectivity index (χ2v) is 9.10. The van der Waals surface area contributed by atoms with E-state index in [1.165, 1.54) is 42.4 Å². The summed E-state index contributed by atoms with van der Waals surface area (Å²) in [6, 6.07) is 12.2. The van der Waals surface area contributed by atoms with Crippen LogP contribution in [0.5, 0.6) is 0 Å². The zero-order valence-corrected chi connectivity index (χ0v) is 20.1. The highest BCUT2D eigenvalue weighted by molar-refractivity contribution is 7.92. The predicted octanol–water partition coefficient (Wildman–Crippen LogP) is 3.37. The molecule has 10 heteroatoms. The first-order chi connectivity index (χ1) is 15.8. The van der Waals surface area contributed by atoms with Gasteiger partial charge in [-0.05, 0) is 37.3 Å². The van der Waals surface area contributed by atoms with Gasteiger partial charge in [-0.2, -0.15) is 0 Å². The maximum Gasteiger partial charge on any atom is 0.325 e. The van der Waals surface area contributed by atoms with Gasteiger partial charge in [0, 0.05) is 19.2 Å². The maximum atomic E-state index is 13.5. The fourth-order valence-corrected chi connectivity index (χ4v) is 4.80. The lowest BCUT2D eigenvalue weighted by molar-refractivity contribution is -0.143. The molecule has 0 unspecified atom stereocenters. The highest BCUT2D eigenvalue weighted by Crippen LogP contribution is 2.30. The molecular weight excluding hydrogens is 468 g/mol. The first-order valence-electron chi connectivity index (χ1n) is 10.2. The van der Waals surface area contributed by atoms with Crippen molar-refractivity contribution < 1.29 is 27.5 Å². The third-order valence-corrected chi connectivity index (χ3v) is 6.66. The molecule has 0 bridgehead atoms. The van der Waals surface area contributed by atoms with Crippen molar-refractivity contribution in [1.82, 2.24) is 4.90 Å². The molecule has 33 heavy (non-hydrogen) atoms. The molecule has 0 aliphatic rings. The van der Waals surface area contributed by atoms with E-state index in [9.17, 15) is 18.0 Å². The molecule has 0 radical (unpaired) electrons. The number of carbonyl (C=O) groups excluding carboxylic acids is 2. The summed E-state index contributed by atoms with van der Waals surface area (Å²) in [6.45, 7) is 5.51. The smallest absolute Gasteiger partial charge is 0.325 e. The molecule has 0 spiro atoms. The summed E-state index contributed by atoms with van der Waals surface area (Å²) in [5.74, 6) is -1.09. The molecule has 0 heterocycles. The number of sulfonamides is 1. The second kappa shape index (κ2) is 12.4. The molecule has 0 saturated heterocycles. The van der Waals surface area contributed by atoms with E-state index in [1.54, 1.807) is 31.2 Å². The van der Waals surface area contributed by atoms with Crippen LogP contribution in [-0.2, 0) is 24.3 Å². The Labute approximate surface area is 199 Å². The van der Waals surface area contributed by atoms with Crippen LogP contribution in [0, 0.1) is 0 Å². The van der Waals surface area contributed by atoms with E-state index in [1.807, 2.05) is 0 Å². The Balaban J connectivity index is 2.42. The zero-order chi connectivity index (χ0) is 24.4. The average Bonchev–Trinajstić information content (AvgIpc) is 2.80. The van der Waals surface area contributed by atoms with Gasteiger partial charge in [0.2, 0.25) is 0 Å². The van der Waals surface area contributed by atoms with Crippen molar-refractivity contribution >= 4 is 39.2 Å². The van der Waals surface area contributed by atoms with Gasteiger partial charge in [0.25, 0.3) is 15.9 Å². The van der Waals surface area contributed by atoms with Crippen molar-refractivity contribution in [2.75, 3.05) is 44.3 Å². The number of nitrogens with zero attached hydrogens (tertiary/aromatic N) is 2. The van der Waals surface area contributed by atoms with E-state index in [-0.39, 0.29) is 48.3 Å². The summed E-state index contributed by atoms with van der Waals surface area (Å²) in [5, 5.41) is 0.260. The fraction of sp³-hybridized carbons (Fsp3) is 0.304. The molecule has 1 amide bonds. The van der Waals surface area contributed by atoms with Crippen LogP contribution < -0.4 is 4.31 Å². The molecule has 2 rings (SSSR count). The van der Waals surface area contributed by atoms with Crippen LogP contribution in [0.3, 0.4) is 0 Å². The van der Waals surface area contributed by atoms with Gasteiger partial charge < -0.3 is 14.4 Å². The van der Waals surface area contributed by atoms with E-state index in [0.717, 1.165) is 4.31 Å². The summed E-state index contributed by atoms with van der Waals surface area (Å²) in [4.78, 5) is 26.2. The Morgan fingerprint density at radius 2 is 1.88 bits per heavy atom. The Morgan fingerprint density at radius 3 is 2.52 bits per heavy atom. The number of benzene rings is 2. The van der Waals surface area contributed by atoms with Crippen LogP contribution >= 0.6 is 11.6 Å². The van der Waals surface area contributed by atoms with Crippen molar-refractivity contribution in [3.63, 3.8) is 0 Å². The number of para-hydroxylation sites is 1. The molecule has 0 fully saturated rings. The van der Waals surface area contributed by atoms with Crippen LogP contribution in [0.4, 0.5) is 5.69 Å². The highest BCUT2D eigenvalue weighted by Gasteiger charge is 2.27. The first kappa shape index (κ1) is 26.4. The van der Waals surface area contributed by atoms with Gasteiger partial charge in [-0.25, -0.2) is 8.42 Å². The van der Waals surface area contributed by atoms with E-state index in [0.29, 0.717) is 5.69 Å². The standard InChI is InChI=1S/C23H27ClN2O6S/c1-4-13-26(21-12-7-6-11-20(21)24)33(29,30)19-10-8-9-18(16-19)23(28)25(14-15-31-3)17-22(27)32-5-2/h4,6-12,16H,1,5,13-15,17H2,2-3H3. The third-order valence-electron chi connectivity index (χ3n) is 4.56. The van der Waals surface area contributed by atoms with Crippen LogP contribution in [0.2, 0.25) is 5.02 Å². The number of amides is 1. The van der Waals surface area contributed by atoms with Crippen LogP contribution in [0.15, 0.2) is 66.1 Å².